The van der Waals surface area contributed by atoms with Gasteiger partial charge in [0, 0.05) is 31.7 Å². The molecule has 1 fully saturated rings. The molecule has 6 nitrogen and oxygen atoms in total. The maximum atomic E-state index is 11.9. The molecule has 0 saturated carbocycles. The van der Waals surface area contributed by atoms with Gasteiger partial charge in [0.1, 0.15) is 0 Å². The van der Waals surface area contributed by atoms with Crippen molar-refractivity contribution in [2.24, 2.45) is 0 Å². The third-order valence-electron chi connectivity index (χ3n) is 4.51. The zero-order chi connectivity index (χ0) is 18.7. The lowest BCUT2D eigenvalue weighted by atomic mass is 9.89. The molecule has 1 aliphatic heterocycles. The first kappa shape index (κ1) is 18.1. The maximum Gasteiger partial charge on any atom is 0.407 e. The Balaban J connectivity index is 2.09. The topological polar surface area (TPSA) is 87.6 Å². The second-order valence-electron chi connectivity index (χ2n) is 6.28. The molecular formula is C19H20N2O4S. The summed E-state index contributed by atoms with van der Waals surface area (Å²) in [5.41, 5.74) is 3.85. The molecular weight excluding hydrogens is 352 g/mol. The zero-order valence-electron chi connectivity index (χ0n) is 14.4. The molecule has 1 N–H and O–H groups in total. The lowest BCUT2D eigenvalue weighted by molar-refractivity contribution is 0.142. The van der Waals surface area contributed by atoms with Gasteiger partial charge < -0.3 is 10.0 Å². The molecule has 1 aromatic heterocycles. The number of nitrogens with zero attached hydrogens (tertiary/aromatic N) is 2. The van der Waals surface area contributed by atoms with E-state index in [4.69, 9.17) is 5.11 Å². The number of benzene rings is 1. The first-order valence-corrected chi connectivity index (χ1v) is 10.2. The zero-order valence-corrected chi connectivity index (χ0v) is 15.2. The summed E-state index contributed by atoms with van der Waals surface area (Å²) in [5.74, 6) is 0. The van der Waals surface area contributed by atoms with Crippen molar-refractivity contribution in [3.8, 4) is 0 Å². The van der Waals surface area contributed by atoms with E-state index in [0.29, 0.717) is 25.9 Å². The van der Waals surface area contributed by atoms with Gasteiger partial charge in [-0.05, 0) is 53.8 Å². The number of hydrogen-bond donors (Lipinski definition) is 1. The Bertz CT molecular complexity index is 943. The average Bonchev–Trinajstić information content (AvgIpc) is 2.63. The number of pyridine rings is 1. The van der Waals surface area contributed by atoms with Crippen molar-refractivity contribution in [1.29, 1.82) is 0 Å². The van der Waals surface area contributed by atoms with Crippen LogP contribution < -0.4 is 0 Å². The summed E-state index contributed by atoms with van der Waals surface area (Å²) < 4.78 is 23.9. The Kier molecular flexibility index (Phi) is 5.08. The van der Waals surface area contributed by atoms with E-state index in [2.05, 4.69) is 4.98 Å². The fourth-order valence-corrected chi connectivity index (χ4v) is 3.86. The minimum absolute atomic E-state index is 0.269. The van der Waals surface area contributed by atoms with E-state index in [9.17, 15) is 13.2 Å². The van der Waals surface area contributed by atoms with Crippen LogP contribution in [0.15, 0.2) is 59.3 Å². The van der Waals surface area contributed by atoms with Crippen LogP contribution in [0, 0.1) is 0 Å². The molecule has 1 aromatic carbocycles. The van der Waals surface area contributed by atoms with Gasteiger partial charge in [-0.3, -0.25) is 4.98 Å². The van der Waals surface area contributed by atoms with E-state index >= 15 is 0 Å². The molecule has 2 heterocycles. The lowest BCUT2D eigenvalue weighted by Crippen LogP contribution is -2.35. The van der Waals surface area contributed by atoms with Gasteiger partial charge in [-0.2, -0.15) is 0 Å². The van der Waals surface area contributed by atoms with Crippen LogP contribution in [0.3, 0.4) is 0 Å². The summed E-state index contributed by atoms with van der Waals surface area (Å²) in [4.78, 5) is 16.9. The number of rotatable bonds is 3. The highest BCUT2D eigenvalue weighted by atomic mass is 32.2. The van der Waals surface area contributed by atoms with Crippen LogP contribution in [0.25, 0.3) is 5.57 Å². The van der Waals surface area contributed by atoms with Crippen molar-refractivity contribution in [2.45, 2.75) is 17.7 Å². The van der Waals surface area contributed by atoms with E-state index < -0.39 is 15.9 Å². The summed E-state index contributed by atoms with van der Waals surface area (Å²) >= 11 is 0. The Morgan fingerprint density at radius 3 is 2.31 bits per heavy atom. The number of carboxylic acid groups (broad SMARTS) is 1. The van der Waals surface area contributed by atoms with Gasteiger partial charge in [0.15, 0.2) is 9.84 Å². The van der Waals surface area contributed by atoms with Gasteiger partial charge in [-0.15, -0.1) is 0 Å². The summed E-state index contributed by atoms with van der Waals surface area (Å²) in [5, 5.41) is 9.16. The van der Waals surface area contributed by atoms with Crippen LogP contribution in [0.2, 0.25) is 0 Å². The van der Waals surface area contributed by atoms with Crippen molar-refractivity contribution >= 4 is 21.5 Å². The van der Waals surface area contributed by atoms with Gasteiger partial charge in [0.05, 0.1) is 4.90 Å². The SMILES string of the molecule is CS(=O)(=O)c1cccc(C(=C2CCN(C(=O)O)CC2)c2ccncc2)c1. The Hall–Kier alpha value is -2.67. The first-order valence-electron chi connectivity index (χ1n) is 8.27. The molecule has 26 heavy (non-hydrogen) atoms. The second-order valence-corrected chi connectivity index (χ2v) is 8.30. The largest absolute Gasteiger partial charge is 0.465 e. The van der Waals surface area contributed by atoms with E-state index in [-0.39, 0.29) is 4.90 Å². The highest BCUT2D eigenvalue weighted by molar-refractivity contribution is 7.90. The number of aromatic nitrogens is 1. The molecule has 136 valence electrons. The normalized spacial score (nSPS) is 15.0. The standard InChI is InChI=1S/C19H20N2O4S/c1-26(24,25)17-4-2-3-16(13-17)18(14-5-9-20-10-6-14)15-7-11-21(12-8-15)19(22)23/h2-6,9-10,13H,7-8,11-12H2,1H3,(H,22,23). The van der Waals surface area contributed by atoms with Crippen molar-refractivity contribution in [3.05, 3.63) is 65.5 Å². The predicted molar refractivity (Wildman–Crippen MR) is 98.6 cm³/mol. The van der Waals surface area contributed by atoms with Crippen LogP contribution in [0.5, 0.6) is 0 Å². The monoisotopic (exact) mass is 372 g/mol. The predicted octanol–water partition coefficient (Wildman–Crippen LogP) is 3.06. The van der Waals surface area contributed by atoms with E-state index in [1.165, 1.54) is 11.2 Å². The van der Waals surface area contributed by atoms with Gasteiger partial charge in [0.2, 0.25) is 0 Å². The van der Waals surface area contributed by atoms with Gasteiger partial charge in [-0.25, -0.2) is 13.2 Å². The van der Waals surface area contributed by atoms with Crippen LogP contribution >= 0.6 is 0 Å². The second kappa shape index (κ2) is 7.29. The molecule has 0 spiro atoms. The summed E-state index contributed by atoms with van der Waals surface area (Å²) in [6.07, 6.45) is 4.91. The van der Waals surface area contributed by atoms with Gasteiger partial charge in [-0.1, -0.05) is 17.7 Å². The number of piperidine rings is 1. The van der Waals surface area contributed by atoms with E-state index in [0.717, 1.165) is 22.3 Å². The minimum Gasteiger partial charge on any atom is -0.465 e. The minimum atomic E-state index is -3.31. The smallest absolute Gasteiger partial charge is 0.407 e. The molecule has 0 bridgehead atoms. The molecule has 1 aliphatic rings. The molecule has 3 rings (SSSR count). The van der Waals surface area contributed by atoms with Crippen LogP contribution in [0.1, 0.15) is 24.0 Å². The number of amides is 1. The van der Waals surface area contributed by atoms with Gasteiger partial charge >= 0.3 is 6.09 Å². The molecule has 2 aromatic rings. The fraction of sp³-hybridized carbons (Fsp3) is 0.263. The summed E-state index contributed by atoms with van der Waals surface area (Å²) in [7, 11) is -3.31. The third-order valence-corrected chi connectivity index (χ3v) is 5.62. The molecule has 7 heteroatoms. The van der Waals surface area contributed by atoms with Crippen LogP contribution in [-0.4, -0.2) is 48.8 Å². The van der Waals surface area contributed by atoms with Crippen LogP contribution in [-0.2, 0) is 9.84 Å². The quantitative estimate of drug-likeness (QED) is 0.895. The molecule has 1 saturated heterocycles. The van der Waals surface area contributed by atoms with E-state index in [1.807, 2.05) is 18.2 Å². The number of carbonyl (C=O) groups is 1. The van der Waals surface area contributed by atoms with E-state index in [1.54, 1.807) is 30.6 Å². The Morgan fingerprint density at radius 1 is 1.08 bits per heavy atom. The molecule has 0 unspecified atom stereocenters. The van der Waals surface area contributed by atoms with Crippen LogP contribution in [0.4, 0.5) is 4.79 Å². The lowest BCUT2D eigenvalue weighted by Gasteiger charge is -2.28. The Morgan fingerprint density at radius 2 is 1.73 bits per heavy atom. The summed E-state index contributed by atoms with van der Waals surface area (Å²) in [6.45, 7) is 0.871. The highest BCUT2D eigenvalue weighted by Gasteiger charge is 2.22. The van der Waals surface area contributed by atoms with Crippen molar-refractivity contribution in [3.63, 3.8) is 0 Å². The third kappa shape index (κ3) is 3.94. The molecule has 0 aliphatic carbocycles. The highest BCUT2D eigenvalue weighted by Crippen LogP contribution is 2.33. The number of sulfone groups is 1. The summed E-state index contributed by atoms with van der Waals surface area (Å²) in [6, 6.07) is 10.7. The fourth-order valence-electron chi connectivity index (χ4n) is 3.19. The van der Waals surface area contributed by atoms with Crippen molar-refractivity contribution in [1.82, 2.24) is 9.88 Å². The molecule has 1 amide bonds. The first-order chi connectivity index (χ1) is 12.4. The average molecular weight is 372 g/mol. The van der Waals surface area contributed by atoms with Crippen molar-refractivity contribution in [2.75, 3.05) is 19.3 Å². The molecule has 0 radical (unpaired) electrons. The number of likely N-dealkylation sites (tertiary alicyclic amines) is 1. The van der Waals surface area contributed by atoms with Gasteiger partial charge in [0.25, 0.3) is 0 Å². The Labute approximate surface area is 152 Å². The van der Waals surface area contributed by atoms with Crippen molar-refractivity contribution < 1.29 is 18.3 Å². The number of hydrogen-bond acceptors (Lipinski definition) is 4. The maximum absolute atomic E-state index is 11.9. The molecule has 0 atom stereocenters.